The molecule has 1 heterocycles. The largest absolute Gasteiger partial charge is 0.454 e. The number of hydrogen-bond acceptors (Lipinski definition) is 3. The van der Waals surface area contributed by atoms with Crippen LogP contribution in [0.2, 0.25) is 0 Å². The molecule has 0 amide bonds. The van der Waals surface area contributed by atoms with Gasteiger partial charge in [0.2, 0.25) is 0 Å². The van der Waals surface area contributed by atoms with Crippen LogP contribution in [0.4, 0.5) is 0 Å². The highest BCUT2D eigenvalue weighted by Crippen LogP contribution is 2.15. The van der Waals surface area contributed by atoms with Gasteiger partial charge in [0.1, 0.15) is 13.2 Å². The number of carbonyl (C=O) groups is 1. The van der Waals surface area contributed by atoms with Gasteiger partial charge < -0.3 is 14.8 Å². The summed E-state index contributed by atoms with van der Waals surface area (Å²) in [6.45, 7) is 7.25. The molecule has 4 nitrogen and oxygen atoms in total. The number of carbonyl (C=O) groups excluding carboxylic acids is 1. The first kappa shape index (κ1) is 24.4. The summed E-state index contributed by atoms with van der Waals surface area (Å²) in [6, 6.07) is 0. The van der Waals surface area contributed by atoms with Gasteiger partial charge in [-0.25, -0.2) is 0 Å². The summed E-state index contributed by atoms with van der Waals surface area (Å²) in [5, 5.41) is 0. The second-order valence-corrected chi connectivity index (χ2v) is 7.13. The van der Waals surface area contributed by atoms with Gasteiger partial charge in [0.15, 0.2) is 12.7 Å². The Morgan fingerprint density at radius 1 is 0.920 bits per heavy atom. The van der Waals surface area contributed by atoms with Crippen molar-refractivity contribution in [3.05, 3.63) is 0 Å². The van der Waals surface area contributed by atoms with Crippen molar-refractivity contribution >= 4 is 5.97 Å². The maximum atomic E-state index is 11.9. The molecular weight excluding hydrogens is 314 g/mol. The zero-order valence-electron chi connectivity index (χ0n) is 17.2. The molecule has 2 N–H and O–H groups in total. The Balaban J connectivity index is 0.00000277. The Morgan fingerprint density at radius 2 is 1.44 bits per heavy atom. The Bertz CT molecular complexity index is 291. The van der Waals surface area contributed by atoms with E-state index in [-0.39, 0.29) is 12.1 Å². The average molecular weight is 359 g/mol. The van der Waals surface area contributed by atoms with Crippen LogP contribution in [0.5, 0.6) is 0 Å². The summed E-state index contributed by atoms with van der Waals surface area (Å²) < 4.78 is 8.77. The van der Waals surface area contributed by atoms with Gasteiger partial charge in [0.05, 0.1) is 0 Å². The van der Waals surface area contributed by atoms with Crippen LogP contribution < -0.4 is 5.73 Å². The minimum atomic E-state index is -0.0157. The van der Waals surface area contributed by atoms with Crippen LogP contribution in [-0.2, 0) is 13.9 Å². The van der Waals surface area contributed by atoms with Crippen molar-refractivity contribution in [1.29, 1.82) is 0 Å². The molecule has 0 aromatic heterocycles. The standard InChI is InChI=1S/C20H39O3.CH5N/c1-3-4-5-6-7-8-9-10-12-15-20(21)22-19(2)18-23-16-13-11-14-17-23;1-2/h19H,3-18H2,1-2H3;2H2,1H3/q+1;. The zero-order valence-corrected chi connectivity index (χ0v) is 17.2. The van der Waals surface area contributed by atoms with Crippen molar-refractivity contribution in [3.8, 4) is 0 Å². The van der Waals surface area contributed by atoms with E-state index in [0.29, 0.717) is 6.42 Å². The predicted octanol–water partition coefficient (Wildman–Crippen LogP) is 5.15. The summed E-state index contributed by atoms with van der Waals surface area (Å²) in [6.07, 6.45) is 16.0. The van der Waals surface area contributed by atoms with E-state index < -0.39 is 0 Å². The van der Waals surface area contributed by atoms with Crippen LogP contribution >= 0.6 is 0 Å². The first-order chi connectivity index (χ1) is 12.2. The molecule has 1 fully saturated rings. The lowest BCUT2D eigenvalue weighted by atomic mass is 10.1. The van der Waals surface area contributed by atoms with Crippen LogP contribution in [0, 0.1) is 0 Å². The van der Waals surface area contributed by atoms with E-state index in [9.17, 15) is 4.79 Å². The summed E-state index contributed by atoms with van der Waals surface area (Å²) >= 11 is 0. The number of rotatable bonds is 13. The van der Waals surface area contributed by atoms with E-state index in [1.54, 1.807) is 0 Å². The Labute approximate surface area is 156 Å². The third-order valence-corrected chi connectivity index (χ3v) is 4.65. The van der Waals surface area contributed by atoms with Crippen molar-refractivity contribution in [2.75, 3.05) is 26.9 Å². The first-order valence-electron chi connectivity index (χ1n) is 10.6. The van der Waals surface area contributed by atoms with Crippen molar-refractivity contribution < 1.29 is 13.9 Å². The number of nitrogens with two attached hydrogens (primary N) is 1. The van der Waals surface area contributed by atoms with Crippen molar-refractivity contribution in [1.82, 2.24) is 0 Å². The molecule has 1 aliphatic rings. The first-order valence-corrected chi connectivity index (χ1v) is 10.6. The molecule has 1 aliphatic heterocycles. The number of ether oxygens (including phenoxy) is 1. The van der Waals surface area contributed by atoms with E-state index in [1.165, 1.54) is 71.3 Å². The molecular formula is C21H44NO3+. The monoisotopic (exact) mass is 358 g/mol. The second-order valence-electron chi connectivity index (χ2n) is 7.13. The smallest absolute Gasteiger partial charge is 0.306 e. The summed E-state index contributed by atoms with van der Waals surface area (Å²) in [5.41, 5.74) is 4.50. The summed E-state index contributed by atoms with van der Waals surface area (Å²) in [4.78, 5) is 11.9. The molecule has 25 heavy (non-hydrogen) atoms. The van der Waals surface area contributed by atoms with Gasteiger partial charge in [-0.05, 0) is 26.8 Å². The molecule has 4 heteroatoms. The van der Waals surface area contributed by atoms with E-state index in [0.717, 1.165) is 32.7 Å². The van der Waals surface area contributed by atoms with Gasteiger partial charge in [-0.2, -0.15) is 0 Å². The second kappa shape index (κ2) is 18.2. The molecule has 0 bridgehead atoms. The van der Waals surface area contributed by atoms with Crippen molar-refractivity contribution in [3.63, 3.8) is 0 Å². The fourth-order valence-corrected chi connectivity index (χ4v) is 3.29. The van der Waals surface area contributed by atoms with Crippen LogP contribution in [0.25, 0.3) is 0 Å². The van der Waals surface area contributed by atoms with Crippen molar-refractivity contribution in [2.24, 2.45) is 5.73 Å². The topological polar surface area (TPSA) is 55.0 Å². The molecule has 0 saturated carbocycles. The molecule has 0 aromatic carbocycles. The molecule has 150 valence electrons. The minimum absolute atomic E-state index is 0.00386. The molecule has 1 unspecified atom stereocenters. The molecule has 1 saturated heterocycles. The van der Waals surface area contributed by atoms with E-state index >= 15 is 0 Å². The van der Waals surface area contributed by atoms with Gasteiger partial charge in [-0.1, -0.05) is 58.3 Å². The Morgan fingerprint density at radius 3 is 2.00 bits per heavy atom. The van der Waals surface area contributed by atoms with Crippen molar-refractivity contribution in [2.45, 2.75) is 103 Å². The molecule has 0 spiro atoms. The Kier molecular flexibility index (Phi) is 17.7. The minimum Gasteiger partial charge on any atom is -0.454 e. The number of unbranched alkanes of at least 4 members (excludes halogenated alkanes) is 8. The maximum Gasteiger partial charge on any atom is 0.306 e. The molecule has 0 aromatic rings. The predicted molar refractivity (Wildman–Crippen MR) is 107 cm³/mol. The molecule has 0 radical (unpaired) electrons. The van der Waals surface area contributed by atoms with E-state index in [1.807, 2.05) is 6.92 Å². The number of hydrogen-bond donors (Lipinski definition) is 1. The van der Waals surface area contributed by atoms with E-state index in [2.05, 4.69) is 17.0 Å². The summed E-state index contributed by atoms with van der Waals surface area (Å²) in [5.74, 6) is -0.0157. The average Bonchev–Trinajstić information content (AvgIpc) is 2.62. The lowest BCUT2D eigenvalue weighted by Gasteiger charge is -2.25. The van der Waals surface area contributed by atoms with E-state index in [4.69, 9.17) is 4.74 Å². The van der Waals surface area contributed by atoms with Gasteiger partial charge in [-0.3, -0.25) is 4.79 Å². The van der Waals surface area contributed by atoms with Gasteiger partial charge in [-0.15, -0.1) is 0 Å². The van der Waals surface area contributed by atoms with Gasteiger partial charge >= 0.3 is 5.97 Å². The molecule has 1 atom stereocenters. The highest BCUT2D eigenvalue weighted by molar-refractivity contribution is 5.69. The lowest BCUT2D eigenvalue weighted by Crippen LogP contribution is -2.31. The van der Waals surface area contributed by atoms with Crippen LogP contribution in [0.3, 0.4) is 0 Å². The fraction of sp³-hybridized carbons (Fsp3) is 0.952. The van der Waals surface area contributed by atoms with Crippen LogP contribution in [0.15, 0.2) is 0 Å². The summed E-state index contributed by atoms with van der Waals surface area (Å²) in [7, 11) is 1.50. The zero-order chi connectivity index (χ0) is 18.8. The number of esters is 1. The SMILES string of the molecule is CCCCCCCCCCCC(=O)OC(C)C[O+]1CCCCC1.CN. The van der Waals surface area contributed by atoms with Crippen LogP contribution in [-0.4, -0.2) is 38.9 Å². The Hall–Kier alpha value is -0.610. The lowest BCUT2D eigenvalue weighted by molar-refractivity contribution is -0.192. The molecule has 0 aliphatic carbocycles. The molecule has 1 rings (SSSR count). The van der Waals surface area contributed by atoms with Gasteiger partial charge in [0.25, 0.3) is 0 Å². The highest BCUT2D eigenvalue weighted by Gasteiger charge is 2.20. The van der Waals surface area contributed by atoms with Crippen LogP contribution in [0.1, 0.15) is 97.3 Å². The highest BCUT2D eigenvalue weighted by atomic mass is 16.7. The third kappa shape index (κ3) is 15.4. The fourth-order valence-electron chi connectivity index (χ4n) is 3.29. The third-order valence-electron chi connectivity index (χ3n) is 4.65. The maximum absolute atomic E-state index is 11.9. The van der Waals surface area contributed by atoms with Gasteiger partial charge in [0, 0.05) is 19.3 Å². The normalized spacial score (nSPS) is 16.0. The quantitative estimate of drug-likeness (QED) is 0.281.